The highest BCUT2D eigenvalue weighted by Crippen LogP contribution is 1.95. The van der Waals surface area contributed by atoms with Crippen molar-refractivity contribution in [1.82, 2.24) is 0 Å². The van der Waals surface area contributed by atoms with Crippen LogP contribution in [0.1, 0.15) is 20.8 Å². The van der Waals surface area contributed by atoms with Crippen molar-refractivity contribution in [1.29, 1.82) is 0 Å². The molecule has 13 heavy (non-hydrogen) atoms. The van der Waals surface area contributed by atoms with Crippen molar-refractivity contribution in [3.05, 3.63) is 23.8 Å². The van der Waals surface area contributed by atoms with Crippen molar-refractivity contribution in [3.63, 3.8) is 0 Å². The predicted octanol–water partition coefficient (Wildman–Crippen LogP) is 1.64. The zero-order valence-electron chi connectivity index (χ0n) is 8.16. The van der Waals surface area contributed by atoms with Gasteiger partial charge in [0.05, 0.1) is 6.61 Å². The van der Waals surface area contributed by atoms with Gasteiger partial charge in [0.1, 0.15) is 0 Å². The minimum absolute atomic E-state index is 0.0361. The van der Waals surface area contributed by atoms with Crippen LogP contribution in [0.3, 0.4) is 0 Å². The number of esters is 1. The van der Waals surface area contributed by atoms with E-state index in [1.165, 1.54) is 19.1 Å². The van der Waals surface area contributed by atoms with Gasteiger partial charge in [-0.05, 0) is 32.4 Å². The second kappa shape index (κ2) is 6.17. The Morgan fingerprint density at radius 3 is 2.31 bits per heavy atom. The maximum Gasteiger partial charge on any atom is 0.330 e. The lowest BCUT2D eigenvalue weighted by molar-refractivity contribution is -0.137. The van der Waals surface area contributed by atoms with Gasteiger partial charge in [-0.25, -0.2) is 4.79 Å². The maximum atomic E-state index is 10.8. The second-order valence-electron chi connectivity index (χ2n) is 2.58. The van der Waals surface area contributed by atoms with Gasteiger partial charge >= 0.3 is 5.97 Å². The topological polar surface area (TPSA) is 43.4 Å². The van der Waals surface area contributed by atoms with Gasteiger partial charge in [-0.15, -0.1) is 0 Å². The number of carbonyl (C=O) groups is 2. The molecular formula is C10H14O3. The van der Waals surface area contributed by atoms with Crippen LogP contribution in [0.5, 0.6) is 0 Å². The fraction of sp³-hybridized carbons (Fsp3) is 0.400. The summed E-state index contributed by atoms with van der Waals surface area (Å²) >= 11 is 0. The summed E-state index contributed by atoms with van der Waals surface area (Å²) in [7, 11) is 0. The molecule has 0 radical (unpaired) electrons. The number of allylic oxidation sites excluding steroid dienone is 3. The van der Waals surface area contributed by atoms with Crippen LogP contribution in [0, 0.1) is 0 Å². The van der Waals surface area contributed by atoms with E-state index in [1.54, 1.807) is 19.9 Å². The van der Waals surface area contributed by atoms with Crippen LogP contribution >= 0.6 is 0 Å². The summed E-state index contributed by atoms with van der Waals surface area (Å²) in [5.41, 5.74) is 0.737. The minimum Gasteiger partial charge on any atom is -0.463 e. The fourth-order valence-corrected chi connectivity index (χ4v) is 0.759. The number of rotatable bonds is 4. The van der Waals surface area contributed by atoms with E-state index in [0.717, 1.165) is 5.57 Å². The van der Waals surface area contributed by atoms with Crippen LogP contribution in [0.2, 0.25) is 0 Å². The van der Waals surface area contributed by atoms with Crippen molar-refractivity contribution in [3.8, 4) is 0 Å². The van der Waals surface area contributed by atoms with Gasteiger partial charge in [-0.3, -0.25) is 4.79 Å². The van der Waals surface area contributed by atoms with E-state index in [0.29, 0.717) is 6.61 Å². The fourth-order valence-electron chi connectivity index (χ4n) is 0.759. The third-order valence-corrected chi connectivity index (χ3v) is 1.20. The molecule has 0 aliphatic carbocycles. The van der Waals surface area contributed by atoms with Crippen molar-refractivity contribution >= 4 is 11.8 Å². The summed E-state index contributed by atoms with van der Waals surface area (Å²) < 4.78 is 4.66. The largest absolute Gasteiger partial charge is 0.463 e. The summed E-state index contributed by atoms with van der Waals surface area (Å²) in [4.78, 5) is 21.4. The molecular weight excluding hydrogens is 168 g/mol. The van der Waals surface area contributed by atoms with Gasteiger partial charge in [-0.1, -0.05) is 6.08 Å². The maximum absolute atomic E-state index is 10.8. The van der Waals surface area contributed by atoms with Crippen LogP contribution in [-0.4, -0.2) is 18.4 Å². The van der Waals surface area contributed by atoms with E-state index >= 15 is 0 Å². The van der Waals surface area contributed by atoms with Crippen molar-refractivity contribution in [2.45, 2.75) is 20.8 Å². The highest BCUT2D eigenvalue weighted by atomic mass is 16.5. The standard InChI is InChI=1S/C10H14O3/c1-4-13-10(12)6-5-8(2)7-9(3)11/h5-7H,4H2,1-3H3/b6-5+,8-7-. The molecule has 0 N–H and O–H groups in total. The third kappa shape index (κ3) is 7.00. The number of hydrogen-bond acceptors (Lipinski definition) is 3. The number of hydrogen-bond donors (Lipinski definition) is 0. The first-order valence-electron chi connectivity index (χ1n) is 4.10. The molecule has 0 saturated carbocycles. The Bertz CT molecular complexity index is 249. The lowest BCUT2D eigenvalue weighted by Crippen LogP contribution is -1.98. The Kier molecular flexibility index (Phi) is 5.52. The summed E-state index contributed by atoms with van der Waals surface area (Å²) in [5, 5.41) is 0. The van der Waals surface area contributed by atoms with Gasteiger partial charge in [0.2, 0.25) is 0 Å². The molecule has 0 saturated heterocycles. The Hall–Kier alpha value is -1.38. The Morgan fingerprint density at radius 1 is 1.23 bits per heavy atom. The zero-order chi connectivity index (χ0) is 10.3. The highest BCUT2D eigenvalue weighted by Gasteiger charge is 1.93. The molecule has 0 unspecified atom stereocenters. The van der Waals surface area contributed by atoms with Crippen LogP contribution in [0.25, 0.3) is 0 Å². The Balaban J connectivity index is 4.11. The van der Waals surface area contributed by atoms with E-state index in [-0.39, 0.29) is 11.8 Å². The molecule has 3 nitrogen and oxygen atoms in total. The molecule has 0 atom stereocenters. The summed E-state index contributed by atoms with van der Waals surface area (Å²) in [5.74, 6) is -0.426. The first-order valence-corrected chi connectivity index (χ1v) is 4.10. The molecule has 0 aliphatic heterocycles. The summed E-state index contributed by atoms with van der Waals surface area (Å²) in [6.45, 7) is 5.31. The monoisotopic (exact) mass is 182 g/mol. The van der Waals surface area contributed by atoms with Gasteiger partial charge in [0, 0.05) is 6.08 Å². The predicted molar refractivity (Wildman–Crippen MR) is 50.2 cm³/mol. The van der Waals surface area contributed by atoms with Gasteiger partial charge in [0.15, 0.2) is 5.78 Å². The van der Waals surface area contributed by atoms with Gasteiger partial charge < -0.3 is 4.74 Å². The average Bonchev–Trinajstić information content (AvgIpc) is 2.00. The number of ether oxygens (including phenoxy) is 1. The van der Waals surface area contributed by atoms with Gasteiger partial charge in [0.25, 0.3) is 0 Å². The molecule has 0 spiro atoms. The normalized spacial score (nSPS) is 11.8. The highest BCUT2D eigenvalue weighted by molar-refractivity contribution is 5.89. The molecule has 0 bridgehead atoms. The Labute approximate surface area is 78.1 Å². The Morgan fingerprint density at radius 2 is 1.85 bits per heavy atom. The molecule has 0 amide bonds. The van der Waals surface area contributed by atoms with E-state index in [2.05, 4.69) is 4.74 Å². The molecule has 0 heterocycles. The van der Waals surface area contributed by atoms with E-state index < -0.39 is 0 Å². The molecule has 0 aromatic rings. The lowest BCUT2D eigenvalue weighted by Gasteiger charge is -1.94. The molecule has 0 aromatic heterocycles. The van der Waals surface area contributed by atoms with Crippen molar-refractivity contribution in [2.24, 2.45) is 0 Å². The minimum atomic E-state index is -0.390. The number of carbonyl (C=O) groups excluding carboxylic acids is 2. The quantitative estimate of drug-likeness (QED) is 0.377. The van der Waals surface area contributed by atoms with E-state index in [9.17, 15) is 9.59 Å². The molecule has 0 aliphatic rings. The van der Waals surface area contributed by atoms with Gasteiger partial charge in [-0.2, -0.15) is 0 Å². The van der Waals surface area contributed by atoms with Crippen LogP contribution in [0.4, 0.5) is 0 Å². The van der Waals surface area contributed by atoms with Crippen molar-refractivity contribution < 1.29 is 14.3 Å². The van der Waals surface area contributed by atoms with E-state index in [1.807, 2.05) is 0 Å². The van der Waals surface area contributed by atoms with Crippen LogP contribution < -0.4 is 0 Å². The summed E-state index contributed by atoms with van der Waals surface area (Å²) in [6.07, 6.45) is 4.31. The molecule has 72 valence electrons. The van der Waals surface area contributed by atoms with E-state index in [4.69, 9.17) is 0 Å². The second-order valence-corrected chi connectivity index (χ2v) is 2.58. The average molecular weight is 182 g/mol. The third-order valence-electron chi connectivity index (χ3n) is 1.20. The first-order chi connectivity index (χ1) is 6.06. The molecule has 0 rings (SSSR count). The SMILES string of the molecule is CCOC(=O)/C=C/C(C)=C\C(C)=O. The first kappa shape index (κ1) is 11.6. The van der Waals surface area contributed by atoms with Crippen molar-refractivity contribution in [2.75, 3.05) is 6.61 Å². The number of ketones is 1. The lowest BCUT2D eigenvalue weighted by atomic mass is 10.2. The summed E-state index contributed by atoms with van der Waals surface area (Å²) in [6, 6.07) is 0. The van der Waals surface area contributed by atoms with Crippen LogP contribution in [-0.2, 0) is 14.3 Å². The smallest absolute Gasteiger partial charge is 0.330 e. The zero-order valence-corrected chi connectivity index (χ0v) is 8.16. The molecule has 0 fully saturated rings. The molecule has 3 heteroatoms. The van der Waals surface area contributed by atoms with Crippen LogP contribution in [0.15, 0.2) is 23.8 Å². The molecule has 0 aromatic carbocycles.